The lowest BCUT2D eigenvalue weighted by Gasteiger charge is -2.20. The predicted octanol–water partition coefficient (Wildman–Crippen LogP) is 0.897. The maximum atomic E-state index is 10.3. The van der Waals surface area contributed by atoms with Gasteiger partial charge < -0.3 is 30.8 Å². The fourth-order valence-corrected chi connectivity index (χ4v) is 1.94. The number of hydrogen-bond donors (Lipinski definition) is 6. The van der Waals surface area contributed by atoms with Crippen LogP contribution in [0.5, 0.6) is 0 Å². The first-order valence-electron chi connectivity index (χ1n) is 8.06. The number of nitrogens with two attached hydrogens (primary N) is 1. The topological polar surface area (TPSA) is 153 Å². The van der Waals surface area contributed by atoms with Gasteiger partial charge in [0.05, 0.1) is 32.0 Å². The third-order valence-electron chi connectivity index (χ3n) is 3.20. The molecule has 7 N–H and O–H groups in total. The summed E-state index contributed by atoms with van der Waals surface area (Å²) in [4.78, 5) is 16.8. The van der Waals surface area contributed by atoms with E-state index >= 15 is 0 Å². The lowest BCUT2D eigenvalue weighted by Crippen LogP contribution is -2.50. The summed E-state index contributed by atoms with van der Waals surface area (Å²) in [5.41, 5.74) is 3.94. The average Bonchev–Trinajstić information content (AvgIpc) is 2.52. The number of phosphoric ester groups is 1. The van der Waals surface area contributed by atoms with Crippen molar-refractivity contribution < 1.29 is 34.2 Å². The molecule has 0 spiro atoms. The van der Waals surface area contributed by atoms with Gasteiger partial charge in [-0.25, -0.2) is 4.57 Å². The van der Waals surface area contributed by atoms with Crippen LogP contribution in [-0.4, -0.2) is 57.1 Å². The molecular formula is C14H34NO7P. The standard InChI is InChI=1S/C10H23O4P.C4H11NO3/c1-2-3-4-5-6-7-8-9-10-14-15(11,12)13;5-4(1-6,2-7)3-8/h2-10H2,1H3,(H2,11,12,13);6-8H,1-3,5H2. The van der Waals surface area contributed by atoms with E-state index in [4.69, 9.17) is 30.8 Å². The number of rotatable bonds is 13. The fourth-order valence-electron chi connectivity index (χ4n) is 1.57. The summed E-state index contributed by atoms with van der Waals surface area (Å²) in [5.74, 6) is 0. The van der Waals surface area contributed by atoms with Crippen molar-refractivity contribution in [1.29, 1.82) is 0 Å². The molecular weight excluding hydrogens is 325 g/mol. The molecule has 0 radical (unpaired) electrons. The van der Waals surface area contributed by atoms with Crippen LogP contribution >= 0.6 is 7.82 Å². The molecule has 0 rings (SSSR count). The maximum absolute atomic E-state index is 10.3. The summed E-state index contributed by atoms with van der Waals surface area (Å²) < 4.78 is 14.7. The first kappa shape index (κ1) is 25.2. The second-order valence-electron chi connectivity index (χ2n) is 5.64. The Bertz CT molecular complexity index is 287. The molecule has 0 atom stereocenters. The first-order valence-corrected chi connectivity index (χ1v) is 9.59. The van der Waals surface area contributed by atoms with Crippen molar-refractivity contribution in [3.8, 4) is 0 Å². The Hall–Kier alpha value is -0.0500. The molecule has 0 aromatic heterocycles. The van der Waals surface area contributed by atoms with Gasteiger partial charge in [-0.05, 0) is 6.42 Å². The molecule has 0 unspecified atom stereocenters. The van der Waals surface area contributed by atoms with Crippen molar-refractivity contribution in [2.24, 2.45) is 5.73 Å². The van der Waals surface area contributed by atoms with E-state index in [1.54, 1.807) is 0 Å². The van der Waals surface area contributed by atoms with Gasteiger partial charge in [0.15, 0.2) is 0 Å². The predicted molar refractivity (Wildman–Crippen MR) is 88.8 cm³/mol. The van der Waals surface area contributed by atoms with Gasteiger partial charge in [0, 0.05) is 0 Å². The molecule has 142 valence electrons. The molecule has 0 bridgehead atoms. The molecule has 23 heavy (non-hydrogen) atoms. The van der Waals surface area contributed by atoms with Crippen molar-refractivity contribution in [3.05, 3.63) is 0 Å². The lowest BCUT2D eigenvalue weighted by atomic mass is 10.1. The highest BCUT2D eigenvalue weighted by Crippen LogP contribution is 2.35. The zero-order valence-electron chi connectivity index (χ0n) is 14.1. The Kier molecular flexibility index (Phi) is 17.0. The van der Waals surface area contributed by atoms with Crippen molar-refractivity contribution in [1.82, 2.24) is 0 Å². The molecule has 0 aromatic rings. The molecule has 0 amide bonds. The van der Waals surface area contributed by atoms with Gasteiger partial charge in [-0.1, -0.05) is 51.9 Å². The largest absolute Gasteiger partial charge is 0.469 e. The number of aliphatic hydroxyl groups is 3. The third-order valence-corrected chi connectivity index (χ3v) is 3.72. The first-order chi connectivity index (χ1) is 10.7. The molecule has 0 saturated heterocycles. The van der Waals surface area contributed by atoms with Crippen LogP contribution in [0, 0.1) is 0 Å². The molecule has 0 saturated carbocycles. The molecule has 0 aromatic carbocycles. The summed E-state index contributed by atoms with van der Waals surface area (Å²) >= 11 is 0. The van der Waals surface area contributed by atoms with Crippen LogP contribution in [0.3, 0.4) is 0 Å². The van der Waals surface area contributed by atoms with Crippen LogP contribution < -0.4 is 5.73 Å². The Labute approximate surface area is 138 Å². The zero-order chi connectivity index (χ0) is 18.2. The van der Waals surface area contributed by atoms with E-state index in [2.05, 4.69) is 11.4 Å². The van der Waals surface area contributed by atoms with Crippen LogP contribution in [0.15, 0.2) is 0 Å². The lowest BCUT2D eigenvalue weighted by molar-refractivity contribution is 0.0697. The second kappa shape index (κ2) is 15.5. The van der Waals surface area contributed by atoms with E-state index in [0.717, 1.165) is 19.3 Å². The van der Waals surface area contributed by atoms with E-state index in [1.165, 1.54) is 32.1 Å². The zero-order valence-corrected chi connectivity index (χ0v) is 15.0. The van der Waals surface area contributed by atoms with E-state index < -0.39 is 33.2 Å². The summed E-state index contributed by atoms with van der Waals surface area (Å²) in [5, 5.41) is 25.0. The van der Waals surface area contributed by atoms with Crippen LogP contribution in [0.2, 0.25) is 0 Å². The minimum atomic E-state index is -4.24. The molecule has 0 aliphatic rings. The normalized spacial score (nSPS) is 12.0. The van der Waals surface area contributed by atoms with E-state index in [9.17, 15) is 4.57 Å². The van der Waals surface area contributed by atoms with Crippen molar-refractivity contribution in [2.45, 2.75) is 63.8 Å². The van der Waals surface area contributed by atoms with Gasteiger partial charge in [0.2, 0.25) is 0 Å². The van der Waals surface area contributed by atoms with Gasteiger partial charge in [-0.15, -0.1) is 0 Å². The van der Waals surface area contributed by atoms with E-state index in [0.29, 0.717) is 0 Å². The van der Waals surface area contributed by atoms with Crippen LogP contribution in [0.1, 0.15) is 58.3 Å². The number of aliphatic hydroxyl groups excluding tert-OH is 3. The van der Waals surface area contributed by atoms with Crippen LogP contribution in [0.25, 0.3) is 0 Å². The van der Waals surface area contributed by atoms with Crippen molar-refractivity contribution in [2.75, 3.05) is 26.4 Å². The summed E-state index contributed by atoms with van der Waals surface area (Å²) in [6, 6.07) is 0. The summed E-state index contributed by atoms with van der Waals surface area (Å²) in [7, 11) is -4.24. The van der Waals surface area contributed by atoms with E-state index in [-0.39, 0.29) is 6.61 Å². The number of hydrogen-bond acceptors (Lipinski definition) is 6. The molecule has 9 heteroatoms. The minimum absolute atomic E-state index is 0.166. The SMILES string of the molecule is CCCCCCCCCCOP(=O)(O)O.NC(CO)(CO)CO. The van der Waals surface area contributed by atoms with Gasteiger partial charge in [0.1, 0.15) is 0 Å². The molecule has 0 fully saturated rings. The van der Waals surface area contributed by atoms with Gasteiger partial charge >= 0.3 is 7.82 Å². The fraction of sp³-hybridized carbons (Fsp3) is 1.00. The molecule has 0 heterocycles. The van der Waals surface area contributed by atoms with Gasteiger partial charge in [0.25, 0.3) is 0 Å². The maximum Gasteiger partial charge on any atom is 0.469 e. The Morgan fingerprint density at radius 3 is 1.57 bits per heavy atom. The Morgan fingerprint density at radius 2 is 1.26 bits per heavy atom. The monoisotopic (exact) mass is 359 g/mol. The molecule has 0 aliphatic carbocycles. The number of unbranched alkanes of at least 4 members (excludes halogenated alkanes) is 7. The van der Waals surface area contributed by atoms with Crippen LogP contribution in [0.4, 0.5) is 0 Å². The Balaban J connectivity index is 0. The second-order valence-corrected chi connectivity index (χ2v) is 6.87. The smallest absolute Gasteiger partial charge is 0.394 e. The van der Waals surface area contributed by atoms with Crippen molar-refractivity contribution >= 4 is 7.82 Å². The highest BCUT2D eigenvalue weighted by Gasteiger charge is 2.20. The quantitative estimate of drug-likeness (QED) is 0.209. The Morgan fingerprint density at radius 1 is 0.870 bits per heavy atom. The third kappa shape index (κ3) is 19.9. The highest BCUT2D eigenvalue weighted by atomic mass is 31.2. The minimum Gasteiger partial charge on any atom is -0.394 e. The summed E-state index contributed by atoms with van der Waals surface area (Å²) in [6.45, 7) is 1.15. The summed E-state index contributed by atoms with van der Waals surface area (Å²) in [6.07, 6.45) is 9.22. The number of phosphoric acid groups is 1. The van der Waals surface area contributed by atoms with Crippen molar-refractivity contribution in [3.63, 3.8) is 0 Å². The molecule has 0 aliphatic heterocycles. The van der Waals surface area contributed by atoms with Gasteiger partial charge in [-0.3, -0.25) is 4.52 Å². The average molecular weight is 359 g/mol. The van der Waals surface area contributed by atoms with E-state index in [1.807, 2.05) is 0 Å². The molecule has 8 nitrogen and oxygen atoms in total. The highest BCUT2D eigenvalue weighted by molar-refractivity contribution is 7.46. The van der Waals surface area contributed by atoms with Crippen LogP contribution in [-0.2, 0) is 9.09 Å². The van der Waals surface area contributed by atoms with Gasteiger partial charge in [-0.2, -0.15) is 0 Å².